The Hall–Kier alpha value is -2.62. The van der Waals surface area contributed by atoms with E-state index in [0.29, 0.717) is 5.69 Å². The van der Waals surface area contributed by atoms with E-state index < -0.39 is 12.1 Å². The van der Waals surface area contributed by atoms with Crippen LogP contribution >= 0.6 is 0 Å². The largest absolute Gasteiger partial charge is 0.386 e. The van der Waals surface area contributed by atoms with E-state index in [9.17, 15) is 10.3 Å². The van der Waals surface area contributed by atoms with Crippen LogP contribution in [0.5, 0.6) is 0 Å². The van der Waals surface area contributed by atoms with Gasteiger partial charge < -0.3 is 5.11 Å². The SMILES string of the molecule is [O]N(c1ccccc1)C(c1ccccc1)C(O)c1ccccc1. The van der Waals surface area contributed by atoms with Crippen LogP contribution in [-0.2, 0) is 5.21 Å². The third kappa shape index (κ3) is 3.42. The number of para-hydroxylation sites is 1. The first-order valence-electron chi connectivity index (χ1n) is 7.57. The fourth-order valence-corrected chi connectivity index (χ4v) is 2.66. The smallest absolute Gasteiger partial charge is 0.115 e. The predicted molar refractivity (Wildman–Crippen MR) is 90.2 cm³/mol. The molecule has 115 valence electrons. The Balaban J connectivity index is 2.01. The fourth-order valence-electron chi connectivity index (χ4n) is 2.66. The highest BCUT2D eigenvalue weighted by Gasteiger charge is 2.29. The van der Waals surface area contributed by atoms with Crippen molar-refractivity contribution in [2.24, 2.45) is 0 Å². The van der Waals surface area contributed by atoms with Crippen LogP contribution in [0.4, 0.5) is 5.69 Å². The molecule has 0 aliphatic carbocycles. The Morgan fingerprint density at radius 1 is 0.652 bits per heavy atom. The third-order valence-electron chi connectivity index (χ3n) is 3.84. The summed E-state index contributed by atoms with van der Waals surface area (Å²) in [5, 5.41) is 24.6. The quantitative estimate of drug-likeness (QED) is 0.714. The lowest BCUT2D eigenvalue weighted by atomic mass is 9.95. The van der Waals surface area contributed by atoms with Crippen molar-refractivity contribution in [1.29, 1.82) is 0 Å². The summed E-state index contributed by atoms with van der Waals surface area (Å²) in [5.41, 5.74) is 2.03. The topological polar surface area (TPSA) is 43.4 Å². The molecule has 0 amide bonds. The molecule has 23 heavy (non-hydrogen) atoms. The number of rotatable bonds is 5. The average molecular weight is 304 g/mol. The van der Waals surface area contributed by atoms with Gasteiger partial charge in [-0.1, -0.05) is 84.1 Å². The number of hydroxylamine groups is 1. The molecule has 1 N–H and O–H groups in total. The van der Waals surface area contributed by atoms with Crippen molar-refractivity contribution in [3.05, 3.63) is 102 Å². The summed E-state index contributed by atoms with van der Waals surface area (Å²) >= 11 is 0. The van der Waals surface area contributed by atoms with Crippen LogP contribution in [0.2, 0.25) is 0 Å². The molecule has 0 saturated heterocycles. The van der Waals surface area contributed by atoms with Crippen molar-refractivity contribution in [2.45, 2.75) is 12.1 Å². The van der Waals surface area contributed by atoms with Crippen LogP contribution < -0.4 is 5.06 Å². The maximum Gasteiger partial charge on any atom is 0.115 e. The van der Waals surface area contributed by atoms with Crippen LogP contribution in [0, 0.1) is 0 Å². The van der Waals surface area contributed by atoms with Gasteiger partial charge in [0.25, 0.3) is 0 Å². The van der Waals surface area contributed by atoms with Gasteiger partial charge in [-0.25, -0.2) is 5.06 Å². The maximum atomic E-state index is 12.9. The summed E-state index contributed by atoms with van der Waals surface area (Å²) in [7, 11) is 0. The Bertz CT molecular complexity index is 671. The van der Waals surface area contributed by atoms with Crippen LogP contribution in [0.3, 0.4) is 0 Å². The van der Waals surface area contributed by atoms with E-state index in [1.807, 2.05) is 78.9 Å². The van der Waals surface area contributed by atoms with Crippen molar-refractivity contribution >= 4 is 5.69 Å². The average Bonchev–Trinajstić information content (AvgIpc) is 2.64. The number of anilines is 1. The molecule has 2 unspecified atom stereocenters. The van der Waals surface area contributed by atoms with E-state index in [-0.39, 0.29) is 0 Å². The van der Waals surface area contributed by atoms with Gasteiger partial charge in [-0.2, -0.15) is 0 Å². The van der Waals surface area contributed by atoms with Crippen molar-refractivity contribution in [3.8, 4) is 0 Å². The lowest BCUT2D eigenvalue weighted by Gasteiger charge is -2.30. The van der Waals surface area contributed by atoms with E-state index in [2.05, 4.69) is 0 Å². The molecule has 0 aliphatic heterocycles. The van der Waals surface area contributed by atoms with E-state index >= 15 is 0 Å². The molecule has 0 bridgehead atoms. The normalized spacial score (nSPS) is 13.3. The van der Waals surface area contributed by atoms with Crippen molar-refractivity contribution in [2.75, 3.05) is 5.06 Å². The maximum absolute atomic E-state index is 12.9. The van der Waals surface area contributed by atoms with E-state index in [1.54, 1.807) is 12.1 Å². The molecule has 2 atom stereocenters. The molecule has 3 aromatic rings. The first-order valence-corrected chi connectivity index (χ1v) is 7.57. The summed E-state index contributed by atoms with van der Waals surface area (Å²) in [5.74, 6) is 0. The first-order chi connectivity index (χ1) is 11.3. The molecular formula is C20H18NO2. The fraction of sp³-hybridized carbons (Fsp3) is 0.100. The first kappa shape index (κ1) is 15.3. The van der Waals surface area contributed by atoms with E-state index in [1.165, 1.54) is 0 Å². The highest BCUT2D eigenvalue weighted by molar-refractivity contribution is 5.46. The van der Waals surface area contributed by atoms with Gasteiger partial charge >= 0.3 is 0 Å². The van der Waals surface area contributed by atoms with E-state index in [0.717, 1.165) is 16.2 Å². The van der Waals surface area contributed by atoms with Crippen molar-refractivity contribution < 1.29 is 10.3 Å². The van der Waals surface area contributed by atoms with Gasteiger partial charge in [0.2, 0.25) is 0 Å². The minimum absolute atomic E-state index is 0.524. The zero-order chi connectivity index (χ0) is 16.1. The Morgan fingerprint density at radius 2 is 1.09 bits per heavy atom. The van der Waals surface area contributed by atoms with Gasteiger partial charge in [0.05, 0.1) is 5.69 Å². The molecule has 1 radical (unpaired) electrons. The Kier molecular flexibility index (Phi) is 4.71. The van der Waals surface area contributed by atoms with Gasteiger partial charge in [-0.15, -0.1) is 0 Å². The second-order valence-electron chi connectivity index (χ2n) is 5.37. The van der Waals surface area contributed by atoms with E-state index in [4.69, 9.17) is 0 Å². The molecule has 0 spiro atoms. The van der Waals surface area contributed by atoms with Crippen molar-refractivity contribution in [3.63, 3.8) is 0 Å². The molecular weight excluding hydrogens is 286 g/mol. The number of nitrogens with zero attached hydrogens (tertiary/aromatic N) is 1. The molecule has 3 rings (SSSR count). The number of hydrogen-bond acceptors (Lipinski definition) is 2. The summed E-state index contributed by atoms with van der Waals surface area (Å²) in [4.78, 5) is 0. The zero-order valence-corrected chi connectivity index (χ0v) is 12.6. The second-order valence-corrected chi connectivity index (χ2v) is 5.37. The summed E-state index contributed by atoms with van der Waals surface area (Å²) in [6, 6.07) is 26.9. The number of hydrogen-bond donors (Lipinski definition) is 1. The van der Waals surface area contributed by atoms with Crippen LogP contribution in [0.1, 0.15) is 23.3 Å². The molecule has 0 fully saturated rings. The summed E-state index contributed by atoms with van der Waals surface area (Å²) in [6.45, 7) is 0. The molecule has 0 aromatic heterocycles. The Morgan fingerprint density at radius 3 is 1.61 bits per heavy atom. The van der Waals surface area contributed by atoms with Gasteiger partial charge in [-0.3, -0.25) is 0 Å². The highest BCUT2D eigenvalue weighted by atomic mass is 16.5. The lowest BCUT2D eigenvalue weighted by Crippen LogP contribution is -2.29. The molecule has 0 saturated carbocycles. The third-order valence-corrected chi connectivity index (χ3v) is 3.84. The number of aliphatic hydroxyl groups excluding tert-OH is 1. The summed E-state index contributed by atoms with van der Waals surface area (Å²) in [6.07, 6.45) is -0.920. The summed E-state index contributed by atoms with van der Waals surface area (Å²) < 4.78 is 0. The molecule has 3 heteroatoms. The second kappa shape index (κ2) is 7.09. The molecule has 3 aromatic carbocycles. The molecule has 0 aliphatic rings. The molecule has 3 nitrogen and oxygen atoms in total. The molecule has 0 heterocycles. The van der Waals surface area contributed by atoms with Crippen LogP contribution in [0.15, 0.2) is 91.0 Å². The van der Waals surface area contributed by atoms with Crippen molar-refractivity contribution in [1.82, 2.24) is 0 Å². The predicted octanol–water partition coefficient (Wildman–Crippen LogP) is 4.31. The van der Waals surface area contributed by atoms with Crippen LogP contribution in [0.25, 0.3) is 0 Å². The minimum atomic E-state index is -0.920. The van der Waals surface area contributed by atoms with Gasteiger partial charge in [0.1, 0.15) is 12.1 Å². The van der Waals surface area contributed by atoms with Crippen LogP contribution in [-0.4, -0.2) is 5.11 Å². The van der Waals surface area contributed by atoms with Gasteiger partial charge in [-0.05, 0) is 23.3 Å². The number of benzene rings is 3. The minimum Gasteiger partial charge on any atom is -0.386 e. The van der Waals surface area contributed by atoms with Gasteiger partial charge in [0.15, 0.2) is 0 Å². The Labute approximate surface area is 136 Å². The number of aliphatic hydroxyl groups is 1. The monoisotopic (exact) mass is 304 g/mol. The highest BCUT2D eigenvalue weighted by Crippen LogP contribution is 2.36. The standard InChI is InChI=1S/C20H18NO2/c22-20(17-12-6-2-7-13-17)19(16-10-4-1-5-11-16)21(23)18-14-8-3-9-15-18/h1-15,19-20,22H. The lowest BCUT2D eigenvalue weighted by molar-refractivity contribution is 0.0526. The van der Waals surface area contributed by atoms with Gasteiger partial charge in [0, 0.05) is 0 Å². The zero-order valence-electron chi connectivity index (χ0n) is 12.6.